The maximum Gasteiger partial charge on any atom is 0.129 e. The van der Waals surface area contributed by atoms with Crippen LogP contribution >= 0.6 is 11.6 Å². The number of halogens is 1. The van der Waals surface area contributed by atoms with Crippen LogP contribution in [0.3, 0.4) is 0 Å². The van der Waals surface area contributed by atoms with E-state index in [2.05, 4.69) is 16.0 Å². The predicted octanol–water partition coefficient (Wildman–Crippen LogP) is 3.89. The SMILES string of the molecule is Clc1cc(CN2CCC3(CCCCC3)C2)ccn1. The lowest BCUT2D eigenvalue weighted by Crippen LogP contribution is -2.29. The largest absolute Gasteiger partial charge is 0.299 e. The molecule has 2 heterocycles. The molecule has 0 atom stereocenters. The van der Waals surface area contributed by atoms with E-state index in [1.807, 2.05) is 12.3 Å². The van der Waals surface area contributed by atoms with Crippen LogP contribution in [0.25, 0.3) is 0 Å². The highest BCUT2D eigenvalue weighted by atomic mass is 35.5. The first-order valence-corrected chi connectivity index (χ1v) is 7.46. The normalized spacial score (nSPS) is 23.6. The second kappa shape index (κ2) is 5.18. The van der Waals surface area contributed by atoms with Crippen molar-refractivity contribution in [2.45, 2.75) is 45.1 Å². The Morgan fingerprint density at radius 3 is 2.83 bits per heavy atom. The Hall–Kier alpha value is -0.600. The molecule has 0 aromatic carbocycles. The van der Waals surface area contributed by atoms with Gasteiger partial charge >= 0.3 is 0 Å². The van der Waals surface area contributed by atoms with Crippen LogP contribution in [0.1, 0.15) is 44.1 Å². The molecule has 2 fully saturated rings. The van der Waals surface area contributed by atoms with E-state index in [4.69, 9.17) is 11.6 Å². The van der Waals surface area contributed by atoms with Crippen LogP contribution in [0.15, 0.2) is 18.3 Å². The number of hydrogen-bond acceptors (Lipinski definition) is 2. The Labute approximate surface area is 114 Å². The van der Waals surface area contributed by atoms with Crippen molar-refractivity contribution < 1.29 is 0 Å². The van der Waals surface area contributed by atoms with E-state index in [1.54, 1.807) is 0 Å². The van der Waals surface area contributed by atoms with Gasteiger partial charge in [-0.15, -0.1) is 0 Å². The third kappa shape index (κ3) is 2.70. The van der Waals surface area contributed by atoms with Gasteiger partial charge in [-0.25, -0.2) is 4.98 Å². The van der Waals surface area contributed by atoms with Crippen LogP contribution in [0.4, 0.5) is 0 Å². The molecule has 18 heavy (non-hydrogen) atoms. The fraction of sp³-hybridized carbons (Fsp3) is 0.667. The highest BCUT2D eigenvalue weighted by molar-refractivity contribution is 6.29. The molecule has 1 aromatic rings. The van der Waals surface area contributed by atoms with Gasteiger partial charge in [0.1, 0.15) is 5.15 Å². The molecule has 1 saturated carbocycles. The summed E-state index contributed by atoms with van der Waals surface area (Å²) in [5.41, 5.74) is 1.94. The average Bonchev–Trinajstić information content (AvgIpc) is 2.73. The number of hydrogen-bond donors (Lipinski definition) is 0. The third-order valence-corrected chi connectivity index (χ3v) is 4.84. The van der Waals surface area contributed by atoms with Gasteiger partial charge in [-0.1, -0.05) is 30.9 Å². The van der Waals surface area contributed by atoms with E-state index in [0.29, 0.717) is 10.6 Å². The molecule has 1 aromatic heterocycles. The molecule has 1 aliphatic carbocycles. The minimum Gasteiger partial charge on any atom is -0.299 e. The Morgan fingerprint density at radius 1 is 1.22 bits per heavy atom. The summed E-state index contributed by atoms with van der Waals surface area (Å²) in [4.78, 5) is 6.64. The highest BCUT2D eigenvalue weighted by Crippen LogP contribution is 2.43. The monoisotopic (exact) mass is 264 g/mol. The second-order valence-electron chi connectivity index (χ2n) is 6.01. The van der Waals surface area contributed by atoms with E-state index < -0.39 is 0 Å². The first kappa shape index (κ1) is 12.4. The standard InChI is InChI=1S/C15H21ClN2/c16-14-10-13(4-8-17-14)11-18-9-7-15(12-18)5-2-1-3-6-15/h4,8,10H,1-3,5-7,9,11-12H2. The lowest BCUT2D eigenvalue weighted by molar-refractivity contribution is 0.183. The van der Waals surface area contributed by atoms with Gasteiger partial charge in [0.25, 0.3) is 0 Å². The van der Waals surface area contributed by atoms with Gasteiger partial charge in [0.15, 0.2) is 0 Å². The van der Waals surface area contributed by atoms with Crippen LogP contribution in [0.2, 0.25) is 5.15 Å². The molecule has 2 nitrogen and oxygen atoms in total. The highest BCUT2D eigenvalue weighted by Gasteiger charge is 2.38. The first-order valence-electron chi connectivity index (χ1n) is 7.09. The second-order valence-corrected chi connectivity index (χ2v) is 6.40. The van der Waals surface area contributed by atoms with E-state index in [-0.39, 0.29) is 0 Å². The molecule has 0 amide bonds. The Morgan fingerprint density at radius 2 is 2.06 bits per heavy atom. The van der Waals surface area contributed by atoms with Crippen molar-refractivity contribution in [1.82, 2.24) is 9.88 Å². The molecular weight excluding hydrogens is 244 g/mol. The summed E-state index contributed by atoms with van der Waals surface area (Å²) in [6, 6.07) is 4.07. The molecule has 0 radical (unpaired) electrons. The number of aromatic nitrogens is 1. The summed E-state index contributed by atoms with van der Waals surface area (Å²) in [5, 5.41) is 0.610. The molecule has 0 N–H and O–H groups in total. The number of pyridine rings is 1. The van der Waals surface area contributed by atoms with Crippen molar-refractivity contribution in [3.05, 3.63) is 29.0 Å². The number of likely N-dealkylation sites (tertiary alicyclic amines) is 1. The van der Waals surface area contributed by atoms with Gasteiger partial charge in [0.2, 0.25) is 0 Å². The Kier molecular flexibility index (Phi) is 3.58. The molecule has 2 aliphatic rings. The van der Waals surface area contributed by atoms with E-state index in [1.165, 1.54) is 57.2 Å². The molecule has 3 rings (SSSR count). The summed E-state index contributed by atoms with van der Waals surface area (Å²) < 4.78 is 0. The van der Waals surface area contributed by atoms with Crippen molar-refractivity contribution in [2.75, 3.05) is 13.1 Å². The zero-order valence-electron chi connectivity index (χ0n) is 10.9. The summed E-state index contributed by atoms with van der Waals surface area (Å²) in [6.45, 7) is 3.57. The molecule has 0 unspecified atom stereocenters. The average molecular weight is 265 g/mol. The molecule has 3 heteroatoms. The Bertz CT molecular complexity index is 413. The van der Waals surface area contributed by atoms with Crippen molar-refractivity contribution in [1.29, 1.82) is 0 Å². The molecular formula is C15H21ClN2. The van der Waals surface area contributed by atoms with E-state index >= 15 is 0 Å². The summed E-state index contributed by atoms with van der Waals surface area (Å²) in [6.07, 6.45) is 10.4. The maximum absolute atomic E-state index is 5.94. The first-order chi connectivity index (χ1) is 8.76. The van der Waals surface area contributed by atoms with Crippen molar-refractivity contribution >= 4 is 11.6 Å². The third-order valence-electron chi connectivity index (χ3n) is 4.63. The molecule has 1 saturated heterocycles. The van der Waals surface area contributed by atoms with Crippen molar-refractivity contribution in [3.63, 3.8) is 0 Å². The minimum absolute atomic E-state index is 0.610. The fourth-order valence-electron chi connectivity index (χ4n) is 3.67. The van der Waals surface area contributed by atoms with Crippen molar-refractivity contribution in [3.8, 4) is 0 Å². The molecule has 0 bridgehead atoms. The van der Waals surface area contributed by atoms with Crippen LogP contribution in [-0.2, 0) is 6.54 Å². The van der Waals surface area contributed by atoms with Crippen LogP contribution < -0.4 is 0 Å². The van der Waals surface area contributed by atoms with Crippen LogP contribution in [0.5, 0.6) is 0 Å². The Balaban J connectivity index is 1.62. The van der Waals surface area contributed by atoms with E-state index in [9.17, 15) is 0 Å². The topological polar surface area (TPSA) is 16.1 Å². The van der Waals surface area contributed by atoms with Gasteiger partial charge in [-0.3, -0.25) is 4.90 Å². The molecule has 1 spiro atoms. The minimum atomic E-state index is 0.610. The van der Waals surface area contributed by atoms with Gasteiger partial charge in [0, 0.05) is 19.3 Å². The summed E-state index contributed by atoms with van der Waals surface area (Å²) in [7, 11) is 0. The van der Waals surface area contributed by atoms with Gasteiger partial charge in [0.05, 0.1) is 0 Å². The van der Waals surface area contributed by atoms with Gasteiger partial charge in [-0.2, -0.15) is 0 Å². The molecule has 98 valence electrons. The predicted molar refractivity (Wildman–Crippen MR) is 74.7 cm³/mol. The number of nitrogens with zero attached hydrogens (tertiary/aromatic N) is 2. The zero-order chi connectivity index (χ0) is 12.4. The van der Waals surface area contributed by atoms with Crippen molar-refractivity contribution in [2.24, 2.45) is 5.41 Å². The smallest absolute Gasteiger partial charge is 0.129 e. The lowest BCUT2D eigenvalue weighted by Gasteiger charge is -2.33. The molecule has 1 aliphatic heterocycles. The number of rotatable bonds is 2. The maximum atomic E-state index is 5.94. The van der Waals surface area contributed by atoms with Gasteiger partial charge in [-0.05, 0) is 48.9 Å². The zero-order valence-corrected chi connectivity index (χ0v) is 11.6. The lowest BCUT2D eigenvalue weighted by atomic mass is 9.73. The van der Waals surface area contributed by atoms with Crippen LogP contribution in [-0.4, -0.2) is 23.0 Å². The van der Waals surface area contributed by atoms with E-state index in [0.717, 1.165) is 6.54 Å². The van der Waals surface area contributed by atoms with Gasteiger partial charge < -0.3 is 0 Å². The fourth-order valence-corrected chi connectivity index (χ4v) is 3.87. The quantitative estimate of drug-likeness (QED) is 0.754. The van der Waals surface area contributed by atoms with Crippen LogP contribution in [0, 0.1) is 5.41 Å². The summed E-state index contributed by atoms with van der Waals surface area (Å²) in [5.74, 6) is 0. The summed E-state index contributed by atoms with van der Waals surface area (Å²) >= 11 is 5.94.